The van der Waals surface area contributed by atoms with Gasteiger partial charge in [-0.3, -0.25) is 4.79 Å². The van der Waals surface area contributed by atoms with Crippen molar-refractivity contribution >= 4 is 17.3 Å². The minimum absolute atomic E-state index is 0.0954. The molecular weight excluding hydrogens is 216 g/mol. The topological polar surface area (TPSA) is 90.9 Å². The second kappa shape index (κ2) is 4.74. The quantitative estimate of drug-likeness (QED) is 0.656. The number of rotatable bonds is 2. The number of nitrogen functional groups attached to an aromatic ring is 1. The van der Waals surface area contributed by atoms with Crippen LogP contribution in [0.4, 0.5) is 11.4 Å². The Morgan fingerprint density at radius 2 is 2.35 bits per heavy atom. The van der Waals surface area contributed by atoms with Gasteiger partial charge in [0, 0.05) is 30.4 Å². The van der Waals surface area contributed by atoms with E-state index in [-0.39, 0.29) is 11.9 Å². The predicted octanol–water partition coefficient (Wildman–Crippen LogP) is 0.831. The highest BCUT2D eigenvalue weighted by Crippen LogP contribution is 2.19. The monoisotopic (exact) mass is 230 g/mol. The van der Waals surface area contributed by atoms with E-state index in [1.165, 1.54) is 0 Å². The number of hydrogen-bond acceptors (Lipinski definition) is 4. The number of amides is 1. The average Bonchev–Trinajstić information content (AvgIpc) is 2.34. The van der Waals surface area contributed by atoms with Gasteiger partial charge in [-0.1, -0.05) is 0 Å². The Bertz CT molecular complexity index is 468. The van der Waals surface area contributed by atoms with E-state index in [1.807, 2.05) is 12.1 Å². The first-order chi connectivity index (χ1) is 8.19. The molecule has 1 aromatic carbocycles. The molecule has 0 saturated carbocycles. The third-order valence-corrected chi connectivity index (χ3v) is 2.81. The summed E-state index contributed by atoms with van der Waals surface area (Å²) in [7, 11) is 0. The van der Waals surface area contributed by atoms with Gasteiger partial charge in [0.15, 0.2) is 0 Å². The predicted molar refractivity (Wildman–Crippen MR) is 65.2 cm³/mol. The third-order valence-electron chi connectivity index (χ3n) is 2.81. The van der Waals surface area contributed by atoms with E-state index in [9.17, 15) is 4.79 Å². The largest absolute Gasteiger partial charge is 0.398 e. The van der Waals surface area contributed by atoms with Crippen LogP contribution < -0.4 is 16.4 Å². The molecule has 1 amide bonds. The normalized spacial score (nSPS) is 19.2. The first-order valence-electron chi connectivity index (χ1n) is 5.52. The van der Waals surface area contributed by atoms with Gasteiger partial charge in [0.1, 0.15) is 6.07 Å². The lowest BCUT2D eigenvalue weighted by Crippen LogP contribution is -2.41. The lowest BCUT2D eigenvalue weighted by Gasteiger charge is -2.24. The lowest BCUT2D eigenvalue weighted by molar-refractivity contribution is -0.122. The standard InChI is InChI=1S/C12H14N4O/c13-6-8-5-9(1-3-11(8)14)16-10-2-4-12(17)15-7-10/h1,3,5,10,16H,2,4,7,14H2,(H,15,17). The van der Waals surface area contributed by atoms with Crippen molar-refractivity contribution in [1.29, 1.82) is 5.26 Å². The molecule has 1 atom stereocenters. The molecular formula is C12H14N4O. The van der Waals surface area contributed by atoms with Crippen LogP contribution in [0.5, 0.6) is 0 Å². The van der Waals surface area contributed by atoms with E-state index >= 15 is 0 Å². The summed E-state index contributed by atoms with van der Waals surface area (Å²) in [5.74, 6) is 0.0954. The summed E-state index contributed by atoms with van der Waals surface area (Å²) in [6.45, 7) is 0.616. The van der Waals surface area contributed by atoms with E-state index in [0.29, 0.717) is 24.2 Å². The van der Waals surface area contributed by atoms with Crippen LogP contribution in [0.1, 0.15) is 18.4 Å². The molecule has 0 aromatic heterocycles. The Kier molecular flexibility index (Phi) is 3.15. The summed E-state index contributed by atoms with van der Waals surface area (Å²) in [5.41, 5.74) is 7.45. The number of carbonyl (C=O) groups excluding carboxylic acids is 1. The fourth-order valence-corrected chi connectivity index (χ4v) is 1.83. The van der Waals surface area contributed by atoms with Gasteiger partial charge in [-0.05, 0) is 24.6 Å². The number of nitriles is 1. The van der Waals surface area contributed by atoms with Crippen molar-refractivity contribution in [1.82, 2.24) is 5.32 Å². The molecule has 1 unspecified atom stereocenters. The molecule has 1 fully saturated rings. The molecule has 5 heteroatoms. The number of piperidine rings is 1. The molecule has 2 rings (SSSR count). The van der Waals surface area contributed by atoms with Crippen molar-refractivity contribution in [3.8, 4) is 6.07 Å². The van der Waals surface area contributed by atoms with E-state index in [2.05, 4.69) is 10.6 Å². The Morgan fingerprint density at radius 3 is 3.00 bits per heavy atom. The van der Waals surface area contributed by atoms with Crippen LogP contribution in [0.3, 0.4) is 0 Å². The van der Waals surface area contributed by atoms with Crippen molar-refractivity contribution in [3.63, 3.8) is 0 Å². The highest BCUT2D eigenvalue weighted by molar-refractivity contribution is 5.77. The fourth-order valence-electron chi connectivity index (χ4n) is 1.83. The van der Waals surface area contributed by atoms with E-state index in [0.717, 1.165) is 12.1 Å². The van der Waals surface area contributed by atoms with Gasteiger partial charge < -0.3 is 16.4 Å². The SMILES string of the molecule is N#Cc1cc(NC2CCC(=O)NC2)ccc1N. The van der Waals surface area contributed by atoms with Gasteiger partial charge in [0.05, 0.1) is 5.56 Å². The molecule has 1 aliphatic rings. The van der Waals surface area contributed by atoms with Gasteiger partial charge in [0.25, 0.3) is 0 Å². The zero-order valence-electron chi connectivity index (χ0n) is 9.36. The molecule has 0 bridgehead atoms. The van der Waals surface area contributed by atoms with Gasteiger partial charge in [-0.25, -0.2) is 0 Å². The second-order valence-corrected chi connectivity index (χ2v) is 4.10. The first-order valence-corrected chi connectivity index (χ1v) is 5.52. The average molecular weight is 230 g/mol. The molecule has 1 saturated heterocycles. The molecule has 4 N–H and O–H groups in total. The Hall–Kier alpha value is -2.22. The summed E-state index contributed by atoms with van der Waals surface area (Å²) in [4.78, 5) is 11.0. The fraction of sp³-hybridized carbons (Fsp3) is 0.333. The minimum Gasteiger partial charge on any atom is -0.398 e. The van der Waals surface area contributed by atoms with Crippen LogP contribution in [0.2, 0.25) is 0 Å². The zero-order chi connectivity index (χ0) is 12.3. The Balaban J connectivity index is 2.04. The smallest absolute Gasteiger partial charge is 0.220 e. The van der Waals surface area contributed by atoms with E-state index < -0.39 is 0 Å². The van der Waals surface area contributed by atoms with Gasteiger partial charge >= 0.3 is 0 Å². The second-order valence-electron chi connectivity index (χ2n) is 4.10. The molecule has 1 aliphatic heterocycles. The molecule has 88 valence electrons. The van der Waals surface area contributed by atoms with E-state index in [1.54, 1.807) is 12.1 Å². The summed E-state index contributed by atoms with van der Waals surface area (Å²) in [6.07, 6.45) is 1.34. The number of nitrogens with one attached hydrogen (secondary N) is 2. The van der Waals surface area contributed by atoms with Crippen LogP contribution in [-0.4, -0.2) is 18.5 Å². The molecule has 1 heterocycles. The van der Waals surface area contributed by atoms with Crippen LogP contribution in [0.25, 0.3) is 0 Å². The Labute approximate surface area is 99.6 Å². The maximum Gasteiger partial charge on any atom is 0.220 e. The van der Waals surface area contributed by atoms with Crippen molar-refractivity contribution in [2.75, 3.05) is 17.6 Å². The number of anilines is 2. The maximum atomic E-state index is 11.0. The van der Waals surface area contributed by atoms with Crippen molar-refractivity contribution < 1.29 is 4.79 Å². The first kappa shape index (κ1) is 11.3. The summed E-state index contributed by atoms with van der Waals surface area (Å²) < 4.78 is 0. The van der Waals surface area contributed by atoms with Crippen molar-refractivity contribution in [2.45, 2.75) is 18.9 Å². The number of nitrogens with two attached hydrogens (primary N) is 1. The number of benzene rings is 1. The molecule has 0 aliphatic carbocycles. The van der Waals surface area contributed by atoms with Crippen LogP contribution in [0.15, 0.2) is 18.2 Å². The van der Waals surface area contributed by atoms with Crippen LogP contribution in [-0.2, 0) is 4.79 Å². The number of nitrogens with zero attached hydrogens (tertiary/aromatic N) is 1. The highest BCUT2D eigenvalue weighted by Gasteiger charge is 2.17. The molecule has 5 nitrogen and oxygen atoms in total. The lowest BCUT2D eigenvalue weighted by atomic mass is 10.1. The molecule has 1 aromatic rings. The highest BCUT2D eigenvalue weighted by atomic mass is 16.1. The van der Waals surface area contributed by atoms with Gasteiger partial charge in [-0.15, -0.1) is 0 Å². The zero-order valence-corrected chi connectivity index (χ0v) is 9.36. The third kappa shape index (κ3) is 2.67. The van der Waals surface area contributed by atoms with Gasteiger partial charge in [0.2, 0.25) is 5.91 Å². The van der Waals surface area contributed by atoms with Gasteiger partial charge in [-0.2, -0.15) is 5.26 Å². The van der Waals surface area contributed by atoms with Crippen LogP contribution in [0, 0.1) is 11.3 Å². The summed E-state index contributed by atoms with van der Waals surface area (Å²) >= 11 is 0. The maximum absolute atomic E-state index is 11.0. The van der Waals surface area contributed by atoms with E-state index in [4.69, 9.17) is 11.0 Å². The summed E-state index contributed by atoms with van der Waals surface area (Å²) in [6, 6.07) is 7.53. The number of carbonyl (C=O) groups is 1. The minimum atomic E-state index is 0.0954. The molecule has 0 radical (unpaired) electrons. The number of hydrogen-bond donors (Lipinski definition) is 3. The van der Waals surface area contributed by atoms with Crippen molar-refractivity contribution in [2.24, 2.45) is 0 Å². The van der Waals surface area contributed by atoms with Crippen molar-refractivity contribution in [3.05, 3.63) is 23.8 Å². The molecule has 0 spiro atoms. The van der Waals surface area contributed by atoms with Crippen LogP contribution >= 0.6 is 0 Å². The molecule has 17 heavy (non-hydrogen) atoms. The Morgan fingerprint density at radius 1 is 1.53 bits per heavy atom. The summed E-state index contributed by atoms with van der Waals surface area (Å²) in [5, 5.41) is 15.0.